The SMILES string of the molecule is Cc1ccc2oc(=O)n(CC(=O)N[C@@H]3CC[C@@H](N)C3)c2c1. The Kier molecular flexibility index (Phi) is 3.55. The number of benzene rings is 1. The maximum Gasteiger partial charge on any atom is 0.420 e. The summed E-state index contributed by atoms with van der Waals surface area (Å²) in [5, 5.41) is 2.93. The molecule has 112 valence electrons. The van der Waals surface area contributed by atoms with E-state index in [1.807, 2.05) is 19.1 Å². The van der Waals surface area contributed by atoms with E-state index in [0.717, 1.165) is 24.8 Å². The van der Waals surface area contributed by atoms with Gasteiger partial charge >= 0.3 is 5.76 Å². The Bertz CT molecular complexity index is 731. The molecule has 1 aliphatic carbocycles. The van der Waals surface area contributed by atoms with Gasteiger partial charge in [-0.05, 0) is 43.9 Å². The lowest BCUT2D eigenvalue weighted by atomic mass is 10.2. The first-order valence-corrected chi connectivity index (χ1v) is 7.18. The van der Waals surface area contributed by atoms with Crippen LogP contribution < -0.4 is 16.8 Å². The molecule has 0 spiro atoms. The van der Waals surface area contributed by atoms with Gasteiger partial charge in [0.1, 0.15) is 6.54 Å². The van der Waals surface area contributed by atoms with E-state index in [1.165, 1.54) is 4.57 Å². The highest BCUT2D eigenvalue weighted by atomic mass is 16.4. The van der Waals surface area contributed by atoms with Crippen molar-refractivity contribution in [2.24, 2.45) is 5.73 Å². The van der Waals surface area contributed by atoms with Gasteiger partial charge in [0.05, 0.1) is 5.52 Å². The van der Waals surface area contributed by atoms with Crippen LogP contribution in [-0.4, -0.2) is 22.6 Å². The standard InChI is InChI=1S/C15H19N3O3/c1-9-2-5-13-12(6-9)18(15(20)21-13)8-14(19)17-11-4-3-10(16)7-11/h2,5-6,10-11H,3-4,7-8,16H2,1H3,(H,17,19)/t10-,11-/m1/s1. The molecule has 2 atom stereocenters. The lowest BCUT2D eigenvalue weighted by Crippen LogP contribution is -2.37. The first-order chi connectivity index (χ1) is 10.0. The molecular formula is C15H19N3O3. The molecule has 0 aliphatic heterocycles. The average molecular weight is 289 g/mol. The smallest absolute Gasteiger partial charge is 0.408 e. The van der Waals surface area contributed by atoms with Gasteiger partial charge in [-0.1, -0.05) is 6.07 Å². The normalized spacial score (nSPS) is 21.8. The Morgan fingerprint density at radius 1 is 1.48 bits per heavy atom. The molecule has 1 amide bonds. The molecule has 0 saturated heterocycles. The van der Waals surface area contributed by atoms with E-state index in [9.17, 15) is 9.59 Å². The van der Waals surface area contributed by atoms with Crippen molar-refractivity contribution in [3.63, 3.8) is 0 Å². The molecule has 0 radical (unpaired) electrons. The highest BCUT2D eigenvalue weighted by Crippen LogP contribution is 2.17. The van der Waals surface area contributed by atoms with Crippen LogP contribution in [-0.2, 0) is 11.3 Å². The molecule has 1 saturated carbocycles. The maximum atomic E-state index is 12.1. The van der Waals surface area contributed by atoms with Gasteiger partial charge in [-0.2, -0.15) is 0 Å². The number of nitrogens with two attached hydrogens (primary N) is 1. The predicted molar refractivity (Wildman–Crippen MR) is 79.0 cm³/mol. The van der Waals surface area contributed by atoms with E-state index in [0.29, 0.717) is 11.1 Å². The minimum atomic E-state index is -0.506. The summed E-state index contributed by atoms with van der Waals surface area (Å²) in [5.41, 5.74) is 8.00. The predicted octanol–water partition coefficient (Wildman–Crippen LogP) is 0.899. The monoisotopic (exact) mass is 289 g/mol. The van der Waals surface area contributed by atoms with Crippen LogP contribution in [0.15, 0.2) is 27.4 Å². The van der Waals surface area contributed by atoms with E-state index in [2.05, 4.69) is 5.32 Å². The molecule has 1 aliphatic rings. The van der Waals surface area contributed by atoms with Crippen LogP contribution in [0, 0.1) is 6.92 Å². The zero-order chi connectivity index (χ0) is 15.0. The van der Waals surface area contributed by atoms with E-state index >= 15 is 0 Å². The van der Waals surface area contributed by atoms with E-state index in [4.69, 9.17) is 10.2 Å². The molecule has 0 unspecified atom stereocenters. The minimum Gasteiger partial charge on any atom is -0.408 e. The Labute approximate surface area is 121 Å². The molecule has 6 heteroatoms. The lowest BCUT2D eigenvalue weighted by Gasteiger charge is -2.12. The summed E-state index contributed by atoms with van der Waals surface area (Å²) in [5.74, 6) is -0.686. The number of nitrogens with one attached hydrogen (secondary N) is 1. The summed E-state index contributed by atoms with van der Waals surface area (Å²) in [6.07, 6.45) is 2.62. The number of fused-ring (bicyclic) bond motifs is 1. The summed E-state index contributed by atoms with van der Waals surface area (Å²) < 4.78 is 6.52. The Morgan fingerprint density at radius 3 is 3.00 bits per heavy atom. The largest absolute Gasteiger partial charge is 0.420 e. The Hall–Kier alpha value is -2.08. The van der Waals surface area contributed by atoms with Crippen LogP contribution >= 0.6 is 0 Å². The molecule has 6 nitrogen and oxygen atoms in total. The first-order valence-electron chi connectivity index (χ1n) is 7.18. The van der Waals surface area contributed by atoms with Crippen LogP contribution in [0.25, 0.3) is 11.1 Å². The van der Waals surface area contributed by atoms with E-state index in [1.54, 1.807) is 6.07 Å². The highest BCUT2D eigenvalue weighted by Gasteiger charge is 2.23. The van der Waals surface area contributed by atoms with Crippen LogP contribution in [0.1, 0.15) is 24.8 Å². The number of aromatic nitrogens is 1. The van der Waals surface area contributed by atoms with Crippen molar-refractivity contribution in [3.8, 4) is 0 Å². The molecule has 1 aromatic carbocycles. The van der Waals surface area contributed by atoms with Crippen molar-refractivity contribution >= 4 is 17.0 Å². The topological polar surface area (TPSA) is 90.3 Å². The number of amides is 1. The zero-order valence-corrected chi connectivity index (χ0v) is 12.0. The van der Waals surface area contributed by atoms with Crippen molar-refractivity contribution in [2.75, 3.05) is 0 Å². The third kappa shape index (κ3) is 2.85. The van der Waals surface area contributed by atoms with Gasteiger partial charge in [0.25, 0.3) is 0 Å². The molecule has 3 rings (SSSR count). The second kappa shape index (κ2) is 5.37. The molecule has 0 bridgehead atoms. The van der Waals surface area contributed by atoms with Crippen molar-refractivity contribution in [1.29, 1.82) is 0 Å². The summed E-state index contributed by atoms with van der Waals surface area (Å²) >= 11 is 0. The minimum absolute atomic E-state index is 0.0268. The van der Waals surface area contributed by atoms with Crippen LogP contribution in [0.4, 0.5) is 0 Å². The number of aryl methyl sites for hydroxylation is 1. The quantitative estimate of drug-likeness (QED) is 0.878. The van der Waals surface area contributed by atoms with Crippen LogP contribution in [0.5, 0.6) is 0 Å². The fourth-order valence-electron chi connectivity index (χ4n) is 2.89. The summed E-state index contributed by atoms with van der Waals surface area (Å²) in [7, 11) is 0. The number of hydrogen-bond donors (Lipinski definition) is 2. The molecule has 1 aromatic heterocycles. The molecular weight excluding hydrogens is 270 g/mol. The fourth-order valence-corrected chi connectivity index (χ4v) is 2.89. The second-order valence-electron chi connectivity index (χ2n) is 5.76. The third-order valence-corrected chi connectivity index (χ3v) is 3.96. The lowest BCUT2D eigenvalue weighted by molar-refractivity contribution is -0.122. The van der Waals surface area contributed by atoms with Crippen molar-refractivity contribution in [3.05, 3.63) is 34.3 Å². The maximum absolute atomic E-state index is 12.1. The number of nitrogens with zero attached hydrogens (tertiary/aromatic N) is 1. The van der Waals surface area contributed by atoms with Crippen molar-refractivity contribution in [2.45, 2.75) is 44.8 Å². The first kappa shape index (κ1) is 13.9. The zero-order valence-electron chi connectivity index (χ0n) is 12.0. The summed E-state index contributed by atoms with van der Waals surface area (Å²) in [4.78, 5) is 24.0. The van der Waals surface area contributed by atoms with Gasteiger partial charge in [-0.25, -0.2) is 4.79 Å². The van der Waals surface area contributed by atoms with Gasteiger partial charge < -0.3 is 15.5 Å². The Morgan fingerprint density at radius 2 is 2.29 bits per heavy atom. The highest BCUT2D eigenvalue weighted by molar-refractivity contribution is 5.80. The molecule has 21 heavy (non-hydrogen) atoms. The Balaban J connectivity index is 1.78. The van der Waals surface area contributed by atoms with Crippen LogP contribution in [0.3, 0.4) is 0 Å². The molecule has 2 aromatic rings. The summed E-state index contributed by atoms with van der Waals surface area (Å²) in [6, 6.07) is 5.74. The number of carbonyl (C=O) groups excluding carboxylic acids is 1. The fraction of sp³-hybridized carbons (Fsp3) is 0.467. The van der Waals surface area contributed by atoms with Crippen LogP contribution in [0.2, 0.25) is 0 Å². The van der Waals surface area contributed by atoms with Gasteiger partial charge in [0.15, 0.2) is 5.58 Å². The van der Waals surface area contributed by atoms with Gasteiger partial charge in [-0.3, -0.25) is 9.36 Å². The summed E-state index contributed by atoms with van der Waals surface area (Å²) in [6.45, 7) is 1.91. The van der Waals surface area contributed by atoms with Crippen molar-refractivity contribution < 1.29 is 9.21 Å². The van der Waals surface area contributed by atoms with E-state index in [-0.39, 0.29) is 24.5 Å². The molecule has 3 N–H and O–H groups in total. The van der Waals surface area contributed by atoms with Gasteiger partial charge in [0, 0.05) is 12.1 Å². The van der Waals surface area contributed by atoms with Gasteiger partial charge in [-0.15, -0.1) is 0 Å². The van der Waals surface area contributed by atoms with Gasteiger partial charge in [0.2, 0.25) is 5.91 Å². The number of hydrogen-bond acceptors (Lipinski definition) is 4. The average Bonchev–Trinajstić information content (AvgIpc) is 2.95. The number of rotatable bonds is 3. The second-order valence-corrected chi connectivity index (χ2v) is 5.76. The third-order valence-electron chi connectivity index (χ3n) is 3.96. The number of carbonyl (C=O) groups is 1. The van der Waals surface area contributed by atoms with E-state index < -0.39 is 5.76 Å². The molecule has 1 fully saturated rings. The number of oxazole rings is 1. The van der Waals surface area contributed by atoms with Crippen molar-refractivity contribution in [1.82, 2.24) is 9.88 Å². The molecule has 1 heterocycles.